The molecule has 2 aromatic rings. The van der Waals surface area contributed by atoms with Crippen LogP contribution in [0, 0.1) is 3.95 Å². The lowest BCUT2D eigenvalue weighted by atomic mass is 10.9. The fraction of sp³-hybridized carbons (Fsp3) is 0.400. The van der Waals surface area contributed by atoms with Crippen molar-refractivity contribution in [3.63, 3.8) is 0 Å². The van der Waals surface area contributed by atoms with Crippen LogP contribution in [0.15, 0.2) is 5.16 Å². The third-order valence-corrected chi connectivity index (χ3v) is 3.68. The molecule has 0 bridgehead atoms. The third-order valence-electron chi connectivity index (χ3n) is 1.39. The summed E-state index contributed by atoms with van der Waals surface area (Å²) in [5, 5.41) is 19.6. The number of nitrogens with zero attached hydrogens (tertiary/aromatic N) is 5. The van der Waals surface area contributed by atoms with Crippen molar-refractivity contribution in [1.82, 2.24) is 30.4 Å². The molecular formula is C5H6N6S3. The molecular weight excluding hydrogens is 240 g/mol. The van der Waals surface area contributed by atoms with E-state index in [9.17, 15) is 0 Å². The minimum Gasteiger partial charge on any atom is -0.258 e. The highest BCUT2D eigenvalue weighted by atomic mass is 32.2. The van der Waals surface area contributed by atoms with Gasteiger partial charge in [-0.25, -0.2) is 4.68 Å². The Bertz CT molecular complexity index is 470. The molecule has 1 N–H and O–H groups in total. The Hall–Kier alpha value is -0.800. The van der Waals surface area contributed by atoms with Crippen molar-refractivity contribution >= 4 is 35.3 Å². The van der Waals surface area contributed by atoms with Crippen molar-refractivity contribution in [3.05, 3.63) is 8.96 Å². The van der Waals surface area contributed by atoms with Gasteiger partial charge in [-0.15, -0.1) is 5.10 Å². The second-order valence-corrected chi connectivity index (χ2v) is 5.07. The molecule has 0 aliphatic carbocycles. The summed E-state index contributed by atoms with van der Waals surface area (Å²) >= 11 is 7.91. The van der Waals surface area contributed by atoms with Gasteiger partial charge in [-0.2, -0.15) is 5.10 Å². The van der Waals surface area contributed by atoms with E-state index in [2.05, 4.69) is 25.7 Å². The molecule has 0 saturated carbocycles. The number of aromatic nitrogens is 6. The topological polar surface area (TPSA) is 72.3 Å². The van der Waals surface area contributed by atoms with Crippen molar-refractivity contribution < 1.29 is 0 Å². The van der Waals surface area contributed by atoms with Gasteiger partial charge in [0.2, 0.25) is 5.16 Å². The van der Waals surface area contributed by atoms with Crippen LogP contribution in [0.25, 0.3) is 0 Å². The molecule has 0 amide bonds. The van der Waals surface area contributed by atoms with Crippen LogP contribution in [0.1, 0.15) is 5.01 Å². The quantitative estimate of drug-likeness (QED) is 0.644. The summed E-state index contributed by atoms with van der Waals surface area (Å²) in [7, 11) is 1.80. The van der Waals surface area contributed by atoms with Gasteiger partial charge in [0.1, 0.15) is 5.01 Å². The number of H-pyrrole nitrogens is 1. The van der Waals surface area contributed by atoms with E-state index < -0.39 is 0 Å². The standard InChI is InChI=1S/C5H6N6S3/c1-11-4(7-9-10-11)13-2-3-6-8-5(12)14-3/h2H2,1H3,(H,8,12). The molecule has 0 aliphatic heterocycles. The number of hydrogen-bond donors (Lipinski definition) is 1. The number of thioether (sulfide) groups is 1. The van der Waals surface area contributed by atoms with Crippen LogP contribution in [-0.2, 0) is 12.8 Å². The van der Waals surface area contributed by atoms with E-state index >= 15 is 0 Å². The van der Waals surface area contributed by atoms with Gasteiger partial charge in [-0.3, -0.25) is 5.10 Å². The summed E-state index contributed by atoms with van der Waals surface area (Å²) in [5.41, 5.74) is 0. The van der Waals surface area contributed by atoms with Gasteiger partial charge in [-0.05, 0) is 22.6 Å². The molecule has 2 rings (SSSR count). The zero-order chi connectivity index (χ0) is 9.97. The maximum atomic E-state index is 4.92. The first kappa shape index (κ1) is 9.74. The van der Waals surface area contributed by atoms with Gasteiger partial charge < -0.3 is 0 Å². The lowest BCUT2D eigenvalue weighted by Gasteiger charge is -1.94. The SMILES string of the molecule is Cn1nnnc1SCc1n[nH]c(=S)s1. The molecule has 9 heteroatoms. The molecule has 0 spiro atoms. The molecule has 0 atom stereocenters. The summed E-state index contributed by atoms with van der Waals surface area (Å²) in [4.78, 5) is 0. The van der Waals surface area contributed by atoms with E-state index in [1.54, 1.807) is 11.7 Å². The number of nitrogens with one attached hydrogen (secondary N) is 1. The first-order valence-corrected chi connectivity index (χ1v) is 5.86. The van der Waals surface area contributed by atoms with Crippen LogP contribution in [0.2, 0.25) is 0 Å². The van der Waals surface area contributed by atoms with E-state index in [1.165, 1.54) is 23.1 Å². The highest BCUT2D eigenvalue weighted by Gasteiger charge is 2.05. The molecule has 2 heterocycles. The van der Waals surface area contributed by atoms with E-state index in [0.717, 1.165) is 15.9 Å². The molecule has 0 saturated heterocycles. The average Bonchev–Trinajstić information content (AvgIpc) is 2.72. The van der Waals surface area contributed by atoms with Crippen molar-refractivity contribution in [2.45, 2.75) is 10.9 Å². The summed E-state index contributed by atoms with van der Waals surface area (Å²) in [5.74, 6) is 0.728. The van der Waals surface area contributed by atoms with E-state index in [1.807, 2.05) is 0 Å². The summed E-state index contributed by atoms with van der Waals surface area (Å²) in [6, 6.07) is 0. The molecule has 2 aromatic heterocycles. The Morgan fingerprint density at radius 1 is 1.64 bits per heavy atom. The largest absolute Gasteiger partial charge is 0.258 e. The number of aromatic amines is 1. The number of rotatable bonds is 3. The maximum absolute atomic E-state index is 4.92. The number of hydrogen-bond acceptors (Lipinski definition) is 7. The van der Waals surface area contributed by atoms with E-state index in [-0.39, 0.29) is 0 Å². The average molecular weight is 246 g/mol. The summed E-state index contributed by atoms with van der Waals surface area (Å²) in [6.07, 6.45) is 0. The van der Waals surface area contributed by atoms with E-state index in [0.29, 0.717) is 3.95 Å². The van der Waals surface area contributed by atoms with Crippen molar-refractivity contribution in [3.8, 4) is 0 Å². The first-order valence-electron chi connectivity index (χ1n) is 3.65. The van der Waals surface area contributed by atoms with Gasteiger partial charge in [-0.1, -0.05) is 23.1 Å². The van der Waals surface area contributed by atoms with Gasteiger partial charge in [0.05, 0.1) is 5.75 Å². The van der Waals surface area contributed by atoms with Crippen LogP contribution in [0.4, 0.5) is 0 Å². The van der Waals surface area contributed by atoms with Crippen molar-refractivity contribution in [2.75, 3.05) is 0 Å². The molecule has 0 aliphatic rings. The maximum Gasteiger partial charge on any atom is 0.209 e. The molecule has 0 aromatic carbocycles. The molecule has 14 heavy (non-hydrogen) atoms. The smallest absolute Gasteiger partial charge is 0.209 e. The fourth-order valence-corrected chi connectivity index (χ4v) is 2.57. The van der Waals surface area contributed by atoms with Crippen LogP contribution < -0.4 is 0 Å². The minimum atomic E-state index is 0.691. The monoisotopic (exact) mass is 246 g/mol. The van der Waals surface area contributed by atoms with Crippen LogP contribution in [-0.4, -0.2) is 30.4 Å². The van der Waals surface area contributed by atoms with Gasteiger partial charge in [0, 0.05) is 7.05 Å². The van der Waals surface area contributed by atoms with Crippen LogP contribution >= 0.6 is 35.3 Å². The molecule has 74 valence electrons. The second-order valence-electron chi connectivity index (χ2n) is 2.38. The molecule has 0 unspecified atom stereocenters. The predicted molar refractivity (Wildman–Crippen MR) is 55.7 cm³/mol. The van der Waals surface area contributed by atoms with Crippen molar-refractivity contribution in [2.24, 2.45) is 7.05 Å². The van der Waals surface area contributed by atoms with Crippen molar-refractivity contribution in [1.29, 1.82) is 0 Å². The highest BCUT2D eigenvalue weighted by molar-refractivity contribution is 7.98. The van der Waals surface area contributed by atoms with Gasteiger partial charge >= 0.3 is 0 Å². The normalized spacial score (nSPS) is 10.6. The Kier molecular flexibility index (Phi) is 2.89. The lowest BCUT2D eigenvalue weighted by molar-refractivity contribution is 0.664. The van der Waals surface area contributed by atoms with E-state index in [4.69, 9.17) is 12.2 Å². The second kappa shape index (κ2) is 4.15. The van der Waals surface area contributed by atoms with Crippen LogP contribution in [0.3, 0.4) is 0 Å². The van der Waals surface area contributed by atoms with Gasteiger partial charge in [0.25, 0.3) is 0 Å². The Morgan fingerprint density at radius 2 is 2.50 bits per heavy atom. The molecule has 0 fully saturated rings. The fourth-order valence-electron chi connectivity index (χ4n) is 0.792. The molecule has 0 radical (unpaired) electrons. The Morgan fingerprint density at radius 3 is 3.07 bits per heavy atom. The Balaban J connectivity index is 2.01. The summed E-state index contributed by atoms with van der Waals surface area (Å²) < 4.78 is 2.31. The third kappa shape index (κ3) is 2.16. The highest BCUT2D eigenvalue weighted by Crippen LogP contribution is 2.20. The zero-order valence-corrected chi connectivity index (χ0v) is 9.62. The number of aryl methyl sites for hydroxylation is 1. The number of tetrazole rings is 1. The van der Waals surface area contributed by atoms with Crippen LogP contribution in [0.5, 0.6) is 0 Å². The lowest BCUT2D eigenvalue weighted by Crippen LogP contribution is -1.93. The Labute approximate surface area is 92.7 Å². The van der Waals surface area contributed by atoms with Gasteiger partial charge in [0.15, 0.2) is 3.95 Å². The minimum absolute atomic E-state index is 0.691. The predicted octanol–water partition coefficient (Wildman–Crippen LogP) is 1.02. The zero-order valence-electron chi connectivity index (χ0n) is 7.17. The summed E-state index contributed by atoms with van der Waals surface area (Å²) in [6.45, 7) is 0. The molecule has 6 nitrogen and oxygen atoms in total. The first-order chi connectivity index (χ1) is 6.75.